The molecule has 2 aliphatic rings. The summed E-state index contributed by atoms with van der Waals surface area (Å²) in [5.41, 5.74) is 0.982. The van der Waals surface area contributed by atoms with E-state index in [1.807, 2.05) is 74.6 Å². The Labute approximate surface area is 214 Å². The number of nitrogens with one attached hydrogen (secondary N) is 1. The minimum atomic E-state index is -0.779. The van der Waals surface area contributed by atoms with Crippen molar-refractivity contribution in [1.82, 2.24) is 9.55 Å². The molecule has 0 amide bonds. The number of ketones is 1. The number of hydrogen-bond acceptors (Lipinski definition) is 6. The van der Waals surface area contributed by atoms with Crippen molar-refractivity contribution in [2.24, 2.45) is 0 Å². The normalized spacial score (nSPS) is 19.6. The van der Waals surface area contributed by atoms with E-state index >= 15 is 4.39 Å². The number of morpholine rings is 1. The fraction of sp³-hybridized carbons (Fsp3) is 0.276. The van der Waals surface area contributed by atoms with Crippen molar-refractivity contribution in [2.75, 3.05) is 23.3 Å². The van der Waals surface area contributed by atoms with Gasteiger partial charge in [0, 0.05) is 30.5 Å². The third-order valence-electron chi connectivity index (χ3n) is 6.41. The Balaban J connectivity index is 1.85. The molecule has 0 saturated carbocycles. The zero-order valence-corrected chi connectivity index (χ0v) is 21.1. The number of aromatic nitrogens is 2. The number of ether oxygens (including phenoxy) is 1. The van der Waals surface area contributed by atoms with Gasteiger partial charge in [-0.05, 0) is 51.5 Å². The summed E-state index contributed by atoms with van der Waals surface area (Å²) in [4.78, 5) is 32.8. The van der Waals surface area contributed by atoms with Gasteiger partial charge in [0.25, 0.3) is 0 Å². The van der Waals surface area contributed by atoms with Gasteiger partial charge in [0.05, 0.1) is 23.2 Å². The van der Waals surface area contributed by atoms with Gasteiger partial charge in [-0.1, -0.05) is 36.4 Å². The van der Waals surface area contributed by atoms with E-state index in [1.54, 1.807) is 9.47 Å². The number of rotatable bonds is 5. The molecule has 1 aliphatic heterocycles. The van der Waals surface area contributed by atoms with Crippen molar-refractivity contribution in [2.45, 2.75) is 39.4 Å². The third kappa shape index (κ3) is 4.84. The van der Waals surface area contributed by atoms with Crippen molar-refractivity contribution in [3.63, 3.8) is 0 Å². The molecule has 3 aromatic rings. The van der Waals surface area contributed by atoms with Gasteiger partial charge in [-0.2, -0.15) is 0 Å². The zero-order chi connectivity index (χ0) is 26.1. The number of Topliss-reactive ketones (excluding diaryl/α,β-unsaturated/α-hetero) is 1. The number of nitrogens with zero attached hydrogens (tertiary/aromatic N) is 3. The van der Waals surface area contributed by atoms with Crippen molar-refractivity contribution in [1.29, 1.82) is 0 Å². The van der Waals surface area contributed by atoms with E-state index < -0.39 is 17.0 Å². The largest absolute Gasteiger partial charge is 0.372 e. The molecule has 5 rings (SSSR count). The Kier molecular flexibility index (Phi) is 6.76. The Bertz CT molecular complexity index is 1500. The molecule has 37 heavy (non-hydrogen) atoms. The summed E-state index contributed by atoms with van der Waals surface area (Å²) in [5, 5.41) is 3.27. The summed E-state index contributed by atoms with van der Waals surface area (Å²) < 4.78 is 23.6. The lowest BCUT2D eigenvalue weighted by atomic mass is 10.1. The molecule has 1 saturated heterocycles. The molecular formula is C29H29FN4O3. The lowest BCUT2D eigenvalue weighted by molar-refractivity contribution is -0.00563. The number of para-hydroxylation sites is 1. The first-order valence-corrected chi connectivity index (χ1v) is 12.4. The molecule has 0 radical (unpaired) electrons. The SMILES string of the molecule is CC(=O)c1c(F)c(N2CC(C)OC(C)C2)nc2c1c(=O)cc(Nc1ccccc1)n2C1=CC=CCC=C1. The maximum absolute atomic E-state index is 16.0. The van der Waals surface area contributed by atoms with Crippen LogP contribution >= 0.6 is 0 Å². The van der Waals surface area contributed by atoms with E-state index in [2.05, 4.69) is 5.32 Å². The average molecular weight is 501 g/mol. The first kappa shape index (κ1) is 24.6. The molecule has 0 bridgehead atoms. The van der Waals surface area contributed by atoms with Crippen molar-refractivity contribution in [3.8, 4) is 0 Å². The molecular weight excluding hydrogens is 471 g/mol. The van der Waals surface area contributed by atoms with Crippen LogP contribution in [0.1, 0.15) is 37.6 Å². The lowest BCUT2D eigenvalue weighted by Crippen LogP contribution is -2.46. The summed E-state index contributed by atoms with van der Waals surface area (Å²) >= 11 is 0. The predicted octanol–water partition coefficient (Wildman–Crippen LogP) is 5.45. The molecule has 0 spiro atoms. The summed E-state index contributed by atoms with van der Waals surface area (Å²) in [6.07, 6.45) is 10.2. The molecule has 190 valence electrons. The molecule has 7 nitrogen and oxygen atoms in total. The second kappa shape index (κ2) is 10.1. The van der Waals surface area contributed by atoms with Crippen LogP contribution in [0.2, 0.25) is 0 Å². The monoisotopic (exact) mass is 500 g/mol. The quantitative estimate of drug-likeness (QED) is 0.470. The van der Waals surface area contributed by atoms with Crippen LogP contribution < -0.4 is 15.6 Å². The first-order valence-electron chi connectivity index (χ1n) is 12.4. The van der Waals surface area contributed by atoms with Crippen LogP contribution in [0, 0.1) is 5.82 Å². The van der Waals surface area contributed by atoms with E-state index in [0.717, 1.165) is 17.8 Å². The molecule has 2 atom stereocenters. The van der Waals surface area contributed by atoms with Gasteiger partial charge in [-0.25, -0.2) is 9.37 Å². The molecule has 1 aromatic carbocycles. The Morgan fingerprint density at radius 3 is 2.57 bits per heavy atom. The second-order valence-corrected chi connectivity index (χ2v) is 9.42. The minimum absolute atomic E-state index is 0.0377. The average Bonchev–Trinajstić information content (AvgIpc) is 3.13. The van der Waals surface area contributed by atoms with Crippen LogP contribution in [-0.4, -0.2) is 40.6 Å². The molecule has 1 N–H and O–H groups in total. The summed E-state index contributed by atoms with van der Waals surface area (Å²) in [6, 6.07) is 10.8. The van der Waals surface area contributed by atoms with E-state index in [0.29, 0.717) is 18.9 Å². The standard InChI is InChI=1S/C29H29FN4O3/c1-18-16-33(17-19(2)37-18)29-27(30)25(20(3)35)26-23(36)15-24(31-21-11-7-6-8-12-21)34(28(26)32-29)22-13-9-4-5-10-14-22/h4,6-15,18-19,31H,5,16-17H2,1-3H3. The van der Waals surface area contributed by atoms with Crippen molar-refractivity contribution < 1.29 is 13.9 Å². The Morgan fingerprint density at radius 2 is 1.86 bits per heavy atom. The van der Waals surface area contributed by atoms with Crippen LogP contribution in [-0.2, 0) is 4.74 Å². The molecule has 3 heterocycles. The van der Waals surface area contributed by atoms with Gasteiger partial charge in [0.2, 0.25) is 0 Å². The number of benzene rings is 1. The van der Waals surface area contributed by atoms with E-state index in [9.17, 15) is 9.59 Å². The number of carbonyl (C=O) groups excluding carboxylic acids is 1. The van der Waals surface area contributed by atoms with Crippen LogP contribution in [0.3, 0.4) is 0 Å². The lowest BCUT2D eigenvalue weighted by Gasteiger charge is -2.36. The smallest absolute Gasteiger partial charge is 0.194 e. The van der Waals surface area contributed by atoms with Gasteiger partial charge in [-0.15, -0.1) is 0 Å². The summed E-state index contributed by atoms with van der Waals surface area (Å²) in [6.45, 7) is 5.93. The molecule has 1 fully saturated rings. The molecule has 1 aliphatic carbocycles. The number of carbonyl (C=O) groups is 1. The fourth-order valence-electron chi connectivity index (χ4n) is 4.94. The maximum Gasteiger partial charge on any atom is 0.194 e. The maximum atomic E-state index is 16.0. The summed E-state index contributed by atoms with van der Waals surface area (Å²) in [7, 11) is 0. The van der Waals surface area contributed by atoms with Crippen molar-refractivity contribution in [3.05, 3.63) is 88.4 Å². The topological polar surface area (TPSA) is 76.5 Å². The van der Waals surface area contributed by atoms with E-state index in [-0.39, 0.29) is 34.6 Å². The van der Waals surface area contributed by atoms with Gasteiger partial charge in [-0.3, -0.25) is 14.2 Å². The molecule has 2 aromatic heterocycles. The summed E-state index contributed by atoms with van der Waals surface area (Å²) in [5.74, 6) is -0.811. The second-order valence-electron chi connectivity index (χ2n) is 9.42. The number of fused-ring (bicyclic) bond motifs is 1. The highest BCUT2D eigenvalue weighted by Crippen LogP contribution is 2.32. The highest BCUT2D eigenvalue weighted by Gasteiger charge is 2.30. The fourth-order valence-corrected chi connectivity index (χ4v) is 4.94. The van der Waals surface area contributed by atoms with Crippen LogP contribution in [0.4, 0.5) is 21.7 Å². The van der Waals surface area contributed by atoms with Crippen molar-refractivity contribution >= 4 is 39.8 Å². The Hall–Kier alpha value is -4.04. The van der Waals surface area contributed by atoms with E-state index in [1.165, 1.54) is 13.0 Å². The molecule has 2 unspecified atom stereocenters. The van der Waals surface area contributed by atoms with Gasteiger partial charge >= 0.3 is 0 Å². The van der Waals surface area contributed by atoms with Crippen LogP contribution in [0.25, 0.3) is 16.7 Å². The third-order valence-corrected chi connectivity index (χ3v) is 6.41. The number of anilines is 3. The van der Waals surface area contributed by atoms with Gasteiger partial charge in [0.15, 0.2) is 28.5 Å². The van der Waals surface area contributed by atoms with Gasteiger partial charge < -0.3 is 15.0 Å². The van der Waals surface area contributed by atoms with E-state index in [4.69, 9.17) is 9.72 Å². The number of halogens is 1. The number of allylic oxidation sites excluding steroid dienone is 6. The number of hydrogen-bond donors (Lipinski definition) is 1. The Morgan fingerprint density at radius 1 is 1.14 bits per heavy atom. The zero-order valence-electron chi connectivity index (χ0n) is 21.1. The predicted molar refractivity (Wildman–Crippen MR) is 145 cm³/mol. The highest BCUT2D eigenvalue weighted by molar-refractivity contribution is 6.07. The highest BCUT2D eigenvalue weighted by atomic mass is 19.1. The van der Waals surface area contributed by atoms with Crippen LogP contribution in [0.15, 0.2) is 71.6 Å². The minimum Gasteiger partial charge on any atom is -0.372 e. The number of pyridine rings is 2. The van der Waals surface area contributed by atoms with Gasteiger partial charge in [0.1, 0.15) is 5.82 Å². The van der Waals surface area contributed by atoms with Crippen LogP contribution in [0.5, 0.6) is 0 Å². The first-order chi connectivity index (χ1) is 17.8. The molecule has 8 heteroatoms.